The molecule has 0 N–H and O–H groups in total. The number of allylic oxidation sites excluding steroid dienone is 5. The zero-order chi connectivity index (χ0) is 16.4. The van der Waals surface area contributed by atoms with E-state index in [1.54, 1.807) is 0 Å². The van der Waals surface area contributed by atoms with Crippen LogP contribution in [0.1, 0.15) is 61.3 Å². The predicted octanol–water partition coefficient (Wildman–Crippen LogP) is 6.12. The monoisotopic (exact) mass is 289 g/mol. The highest BCUT2D eigenvalue weighted by Crippen LogP contribution is 2.12. The Morgan fingerprint density at radius 3 is 2.10 bits per heavy atom. The Bertz CT molecular complexity index is 400. The lowest BCUT2D eigenvalue weighted by Crippen LogP contribution is -2.26. The molecule has 0 saturated carbocycles. The van der Waals surface area contributed by atoms with Gasteiger partial charge in [-0.1, -0.05) is 49.3 Å². The lowest BCUT2D eigenvalue weighted by molar-refractivity contribution is 0.341. The maximum atomic E-state index is 4.22. The van der Waals surface area contributed by atoms with Crippen LogP contribution < -0.4 is 0 Å². The van der Waals surface area contributed by atoms with Crippen LogP contribution in [-0.2, 0) is 0 Å². The maximum Gasteiger partial charge on any atom is 0.0361 e. The molecule has 0 aromatic rings. The molecule has 0 unspecified atom stereocenters. The van der Waals surface area contributed by atoms with Gasteiger partial charge in [-0.15, -0.1) is 0 Å². The van der Waals surface area contributed by atoms with Crippen molar-refractivity contribution >= 4 is 0 Å². The SMILES string of the molecule is C=C(C=C(C)C)N(C/C=C(\C)CCC=C(C)C)CC(C)C. The van der Waals surface area contributed by atoms with Gasteiger partial charge in [-0.05, 0) is 59.5 Å². The van der Waals surface area contributed by atoms with Gasteiger partial charge in [-0.3, -0.25) is 0 Å². The molecule has 21 heavy (non-hydrogen) atoms. The molecule has 0 heterocycles. The molecule has 0 bridgehead atoms. The standard InChI is InChI=1S/C20H35N/c1-16(2)10-9-11-19(7)12-13-21(15-18(5)6)20(8)14-17(3)4/h10,12,14,18H,8-9,11,13,15H2,1-7H3/b19-12+. The summed E-state index contributed by atoms with van der Waals surface area (Å²) in [6.07, 6.45) is 9.13. The quantitative estimate of drug-likeness (QED) is 0.365. The van der Waals surface area contributed by atoms with Crippen LogP contribution in [0.25, 0.3) is 0 Å². The van der Waals surface area contributed by atoms with Crippen LogP contribution in [0, 0.1) is 5.92 Å². The third kappa shape index (κ3) is 11.1. The minimum absolute atomic E-state index is 0.645. The van der Waals surface area contributed by atoms with Crippen LogP contribution in [0.15, 0.2) is 47.2 Å². The molecule has 0 spiro atoms. The molecule has 0 aliphatic carbocycles. The first-order chi connectivity index (χ1) is 9.72. The average molecular weight is 290 g/mol. The second-order valence-corrected chi connectivity index (χ2v) is 6.88. The summed E-state index contributed by atoms with van der Waals surface area (Å²) in [7, 11) is 0. The van der Waals surface area contributed by atoms with Gasteiger partial charge in [-0.2, -0.15) is 0 Å². The topological polar surface area (TPSA) is 3.24 Å². The highest BCUT2D eigenvalue weighted by molar-refractivity contribution is 5.18. The molecule has 0 rings (SSSR count). The minimum atomic E-state index is 0.645. The molecule has 0 atom stereocenters. The van der Waals surface area contributed by atoms with Gasteiger partial charge in [0.2, 0.25) is 0 Å². The van der Waals surface area contributed by atoms with Crippen LogP contribution in [0.5, 0.6) is 0 Å². The van der Waals surface area contributed by atoms with E-state index in [1.807, 2.05) is 0 Å². The number of nitrogens with zero attached hydrogens (tertiary/aromatic N) is 1. The highest BCUT2D eigenvalue weighted by Gasteiger charge is 2.06. The van der Waals surface area contributed by atoms with Gasteiger partial charge in [0.05, 0.1) is 0 Å². The molecule has 0 aromatic heterocycles. The van der Waals surface area contributed by atoms with Gasteiger partial charge < -0.3 is 4.90 Å². The number of rotatable bonds is 9. The van der Waals surface area contributed by atoms with E-state index in [9.17, 15) is 0 Å². The van der Waals surface area contributed by atoms with Crippen molar-refractivity contribution in [3.63, 3.8) is 0 Å². The molecule has 1 heteroatoms. The zero-order valence-electron chi connectivity index (χ0n) is 15.3. The molecule has 120 valence electrons. The average Bonchev–Trinajstić information content (AvgIpc) is 2.32. The minimum Gasteiger partial charge on any atom is -0.368 e. The Hall–Kier alpha value is -1.24. The van der Waals surface area contributed by atoms with E-state index >= 15 is 0 Å². The van der Waals surface area contributed by atoms with Crippen molar-refractivity contribution < 1.29 is 0 Å². The Morgan fingerprint density at radius 2 is 1.62 bits per heavy atom. The van der Waals surface area contributed by atoms with Crippen LogP contribution >= 0.6 is 0 Å². The lowest BCUT2D eigenvalue weighted by atomic mass is 10.1. The van der Waals surface area contributed by atoms with Crippen LogP contribution in [-0.4, -0.2) is 18.0 Å². The van der Waals surface area contributed by atoms with E-state index in [1.165, 1.54) is 16.7 Å². The second-order valence-electron chi connectivity index (χ2n) is 6.88. The summed E-state index contributed by atoms with van der Waals surface area (Å²) < 4.78 is 0. The van der Waals surface area contributed by atoms with Crippen LogP contribution in [0.4, 0.5) is 0 Å². The highest BCUT2D eigenvalue weighted by atomic mass is 15.1. The fourth-order valence-corrected chi connectivity index (χ4v) is 2.13. The molecule has 0 aliphatic heterocycles. The molecule has 0 fully saturated rings. The molecular weight excluding hydrogens is 254 g/mol. The summed E-state index contributed by atoms with van der Waals surface area (Å²) in [5, 5.41) is 0. The molecule has 0 radical (unpaired) electrons. The van der Waals surface area contributed by atoms with E-state index in [4.69, 9.17) is 0 Å². The maximum absolute atomic E-state index is 4.22. The fraction of sp³-hybridized carbons (Fsp3) is 0.600. The summed E-state index contributed by atoms with van der Waals surface area (Å²) in [5.74, 6) is 0.645. The van der Waals surface area contributed by atoms with Gasteiger partial charge in [0.25, 0.3) is 0 Å². The van der Waals surface area contributed by atoms with Gasteiger partial charge in [0.1, 0.15) is 0 Å². The lowest BCUT2D eigenvalue weighted by Gasteiger charge is -2.26. The van der Waals surface area contributed by atoms with Crippen molar-refractivity contribution in [3.8, 4) is 0 Å². The van der Waals surface area contributed by atoms with E-state index in [-0.39, 0.29) is 0 Å². The van der Waals surface area contributed by atoms with Gasteiger partial charge >= 0.3 is 0 Å². The Kier molecular flexibility index (Phi) is 9.86. The summed E-state index contributed by atoms with van der Waals surface area (Å²) >= 11 is 0. The summed E-state index contributed by atoms with van der Waals surface area (Å²) in [5.41, 5.74) is 5.29. The fourth-order valence-electron chi connectivity index (χ4n) is 2.13. The summed E-state index contributed by atoms with van der Waals surface area (Å²) in [6, 6.07) is 0. The van der Waals surface area contributed by atoms with Crippen molar-refractivity contribution in [3.05, 3.63) is 47.2 Å². The van der Waals surface area contributed by atoms with Crippen molar-refractivity contribution in [1.82, 2.24) is 4.90 Å². The van der Waals surface area contributed by atoms with Gasteiger partial charge in [-0.25, -0.2) is 0 Å². The molecule has 0 amide bonds. The molecular formula is C20H35N. The van der Waals surface area contributed by atoms with E-state index in [2.05, 4.69) is 78.2 Å². The zero-order valence-corrected chi connectivity index (χ0v) is 15.3. The largest absolute Gasteiger partial charge is 0.368 e. The Balaban J connectivity index is 4.63. The summed E-state index contributed by atoms with van der Waals surface area (Å²) in [6.45, 7) is 21.6. The van der Waals surface area contributed by atoms with E-state index in [0.717, 1.165) is 31.6 Å². The predicted molar refractivity (Wildman–Crippen MR) is 97.4 cm³/mol. The van der Waals surface area contributed by atoms with Crippen LogP contribution in [0.3, 0.4) is 0 Å². The number of hydrogen-bond donors (Lipinski definition) is 0. The second kappa shape index (κ2) is 10.5. The Labute approximate surface area is 133 Å². The summed E-state index contributed by atoms with van der Waals surface area (Å²) in [4.78, 5) is 2.38. The first kappa shape index (κ1) is 19.8. The van der Waals surface area contributed by atoms with Gasteiger partial charge in [0, 0.05) is 18.8 Å². The molecule has 0 saturated heterocycles. The normalized spacial score (nSPS) is 11.3. The van der Waals surface area contributed by atoms with Crippen molar-refractivity contribution in [1.29, 1.82) is 0 Å². The van der Waals surface area contributed by atoms with E-state index in [0.29, 0.717) is 5.92 Å². The molecule has 0 aliphatic rings. The molecule has 0 aromatic carbocycles. The van der Waals surface area contributed by atoms with Crippen molar-refractivity contribution in [2.45, 2.75) is 61.3 Å². The van der Waals surface area contributed by atoms with Crippen molar-refractivity contribution in [2.24, 2.45) is 5.92 Å². The smallest absolute Gasteiger partial charge is 0.0361 e. The number of hydrogen-bond acceptors (Lipinski definition) is 1. The first-order valence-corrected chi connectivity index (χ1v) is 8.10. The first-order valence-electron chi connectivity index (χ1n) is 8.10. The Morgan fingerprint density at radius 1 is 1.00 bits per heavy atom. The van der Waals surface area contributed by atoms with E-state index < -0.39 is 0 Å². The van der Waals surface area contributed by atoms with Crippen LogP contribution in [0.2, 0.25) is 0 Å². The van der Waals surface area contributed by atoms with Gasteiger partial charge in [0.15, 0.2) is 0 Å². The van der Waals surface area contributed by atoms with Crippen molar-refractivity contribution in [2.75, 3.05) is 13.1 Å². The third-order valence-corrected chi connectivity index (χ3v) is 3.20. The third-order valence-electron chi connectivity index (χ3n) is 3.20. The molecule has 1 nitrogen and oxygen atoms in total.